The van der Waals surface area contributed by atoms with Crippen LogP contribution < -0.4 is 0 Å². The third-order valence-corrected chi connectivity index (χ3v) is 2.49. The Bertz CT molecular complexity index is 411. The minimum Gasteiger partial charge on any atom is -0.447 e. The van der Waals surface area contributed by atoms with Crippen molar-refractivity contribution in [1.82, 2.24) is 0 Å². The first-order valence-electron chi connectivity index (χ1n) is 4.53. The van der Waals surface area contributed by atoms with Crippen LogP contribution >= 0.6 is 0 Å². The summed E-state index contributed by atoms with van der Waals surface area (Å²) in [5.74, 6) is -7.90. The van der Waals surface area contributed by atoms with E-state index in [1.165, 1.54) is 12.1 Å². The summed E-state index contributed by atoms with van der Waals surface area (Å²) < 4.78 is 4.54. The number of cyclic esters (lactones) is 1. The van der Waals surface area contributed by atoms with E-state index in [1.807, 2.05) is 0 Å². The fourth-order valence-electron chi connectivity index (χ4n) is 1.53. The van der Waals surface area contributed by atoms with Gasteiger partial charge < -0.3 is 25.2 Å². The second-order valence-electron chi connectivity index (χ2n) is 3.59. The molecule has 1 atom stereocenters. The highest BCUT2D eigenvalue weighted by molar-refractivity contribution is 5.81. The van der Waals surface area contributed by atoms with Gasteiger partial charge in [-0.2, -0.15) is 0 Å². The van der Waals surface area contributed by atoms with Crippen LogP contribution in [0, 0.1) is 0 Å². The van der Waals surface area contributed by atoms with Gasteiger partial charge in [-0.05, 0) is 5.56 Å². The Morgan fingerprint density at radius 1 is 1.06 bits per heavy atom. The quantitative estimate of drug-likeness (QED) is 0.348. The van der Waals surface area contributed by atoms with E-state index in [0.29, 0.717) is 0 Å². The third kappa shape index (κ3) is 1.32. The van der Waals surface area contributed by atoms with Crippen LogP contribution in [0.1, 0.15) is 11.7 Å². The predicted octanol–water partition coefficient (Wildman–Crippen LogP) is -1.35. The van der Waals surface area contributed by atoms with Crippen LogP contribution in [0.15, 0.2) is 30.3 Å². The summed E-state index contributed by atoms with van der Waals surface area (Å²) in [5.41, 5.74) is 0.255. The van der Waals surface area contributed by atoms with Gasteiger partial charge in [0, 0.05) is 0 Å². The van der Waals surface area contributed by atoms with Crippen molar-refractivity contribution in [2.75, 3.05) is 0 Å². The van der Waals surface area contributed by atoms with Gasteiger partial charge in [-0.25, -0.2) is 4.79 Å². The molecule has 1 fully saturated rings. The monoisotopic (exact) mass is 226 g/mol. The molecule has 6 nitrogen and oxygen atoms in total. The number of rotatable bonds is 1. The first-order chi connectivity index (χ1) is 7.37. The molecule has 0 unspecified atom stereocenters. The van der Waals surface area contributed by atoms with E-state index < -0.39 is 23.6 Å². The Balaban J connectivity index is 2.43. The molecular formula is C10H10O6. The van der Waals surface area contributed by atoms with E-state index >= 15 is 0 Å². The van der Waals surface area contributed by atoms with E-state index in [0.717, 1.165) is 0 Å². The number of hydrogen-bond donors (Lipinski definition) is 4. The number of hydrogen-bond acceptors (Lipinski definition) is 6. The molecule has 1 aromatic rings. The van der Waals surface area contributed by atoms with Crippen LogP contribution in [0.5, 0.6) is 0 Å². The first-order valence-corrected chi connectivity index (χ1v) is 4.53. The zero-order valence-electron chi connectivity index (χ0n) is 8.07. The zero-order chi connectivity index (χ0) is 12.0. The molecule has 1 heterocycles. The molecule has 1 saturated heterocycles. The van der Waals surface area contributed by atoms with E-state index in [-0.39, 0.29) is 5.56 Å². The lowest BCUT2D eigenvalue weighted by Crippen LogP contribution is -2.55. The second kappa shape index (κ2) is 3.26. The second-order valence-corrected chi connectivity index (χ2v) is 3.59. The Morgan fingerprint density at radius 3 is 2.06 bits per heavy atom. The molecule has 0 aromatic heterocycles. The van der Waals surface area contributed by atoms with E-state index in [4.69, 9.17) is 0 Å². The van der Waals surface area contributed by atoms with Gasteiger partial charge >= 0.3 is 11.8 Å². The number of ether oxygens (including phenoxy) is 1. The Morgan fingerprint density at radius 2 is 1.62 bits per heavy atom. The van der Waals surface area contributed by atoms with Crippen LogP contribution in [-0.2, 0) is 9.53 Å². The number of aliphatic hydroxyl groups is 4. The summed E-state index contributed by atoms with van der Waals surface area (Å²) >= 11 is 0. The standard InChI is InChI=1S/C10H10O6/c11-8-10(14,15)9(12,13)7(16-8)6-4-2-1-3-5-6/h1-5,7,12-15H/t7-/m0/s1. The van der Waals surface area contributed by atoms with Gasteiger partial charge in [0.1, 0.15) is 0 Å². The van der Waals surface area contributed by atoms with Gasteiger partial charge in [0.05, 0.1) is 0 Å². The van der Waals surface area contributed by atoms with Gasteiger partial charge in [0.2, 0.25) is 0 Å². The average Bonchev–Trinajstić information content (AvgIpc) is 2.40. The third-order valence-electron chi connectivity index (χ3n) is 2.49. The molecule has 0 aliphatic carbocycles. The van der Waals surface area contributed by atoms with Crippen LogP contribution in [0.4, 0.5) is 0 Å². The highest BCUT2D eigenvalue weighted by atomic mass is 16.7. The molecule has 1 aromatic carbocycles. The Labute approximate surface area is 90.3 Å². The molecule has 0 saturated carbocycles. The maximum atomic E-state index is 11.1. The Kier molecular flexibility index (Phi) is 2.25. The van der Waals surface area contributed by atoms with Gasteiger partial charge in [-0.1, -0.05) is 30.3 Å². The van der Waals surface area contributed by atoms with Crippen molar-refractivity contribution in [2.45, 2.75) is 17.7 Å². The molecule has 86 valence electrons. The van der Waals surface area contributed by atoms with Crippen LogP contribution in [0.3, 0.4) is 0 Å². The van der Waals surface area contributed by atoms with Crippen molar-refractivity contribution in [2.24, 2.45) is 0 Å². The molecule has 6 heteroatoms. The van der Waals surface area contributed by atoms with E-state index in [9.17, 15) is 25.2 Å². The molecule has 2 rings (SSSR count). The first kappa shape index (κ1) is 11.0. The predicted molar refractivity (Wildman–Crippen MR) is 49.6 cm³/mol. The van der Waals surface area contributed by atoms with Crippen molar-refractivity contribution >= 4 is 5.97 Å². The molecule has 0 spiro atoms. The smallest absolute Gasteiger partial charge is 0.373 e. The van der Waals surface area contributed by atoms with Crippen molar-refractivity contribution in [1.29, 1.82) is 0 Å². The summed E-state index contributed by atoms with van der Waals surface area (Å²) in [6, 6.07) is 7.81. The summed E-state index contributed by atoms with van der Waals surface area (Å²) in [7, 11) is 0. The summed E-state index contributed by atoms with van der Waals surface area (Å²) in [5, 5.41) is 37.4. The molecule has 0 bridgehead atoms. The van der Waals surface area contributed by atoms with Crippen molar-refractivity contribution < 1.29 is 30.0 Å². The number of esters is 1. The zero-order valence-corrected chi connectivity index (χ0v) is 8.07. The minimum atomic E-state index is -3.33. The largest absolute Gasteiger partial charge is 0.447 e. The van der Waals surface area contributed by atoms with Gasteiger partial charge in [0.15, 0.2) is 6.10 Å². The molecule has 1 aliphatic rings. The number of carbonyl (C=O) groups excluding carboxylic acids is 1. The average molecular weight is 226 g/mol. The molecule has 16 heavy (non-hydrogen) atoms. The van der Waals surface area contributed by atoms with Gasteiger partial charge in [0.25, 0.3) is 5.79 Å². The van der Waals surface area contributed by atoms with Gasteiger partial charge in [-0.15, -0.1) is 0 Å². The lowest BCUT2D eigenvalue weighted by molar-refractivity contribution is -0.333. The minimum absolute atomic E-state index is 0.255. The summed E-state index contributed by atoms with van der Waals surface area (Å²) in [6.45, 7) is 0. The van der Waals surface area contributed by atoms with Crippen molar-refractivity contribution in [3.8, 4) is 0 Å². The van der Waals surface area contributed by atoms with E-state index in [2.05, 4.69) is 4.74 Å². The van der Waals surface area contributed by atoms with Gasteiger partial charge in [-0.3, -0.25) is 0 Å². The normalized spacial score (nSPS) is 26.5. The maximum Gasteiger partial charge on any atom is 0.373 e. The molecule has 4 N–H and O–H groups in total. The highest BCUT2D eigenvalue weighted by Crippen LogP contribution is 2.41. The van der Waals surface area contributed by atoms with Crippen LogP contribution in [0.2, 0.25) is 0 Å². The van der Waals surface area contributed by atoms with Crippen LogP contribution in [0.25, 0.3) is 0 Å². The molecule has 0 amide bonds. The maximum absolute atomic E-state index is 11.1. The molecule has 0 radical (unpaired) electrons. The summed E-state index contributed by atoms with van der Waals surface area (Å²) in [4.78, 5) is 11.1. The highest BCUT2D eigenvalue weighted by Gasteiger charge is 2.67. The van der Waals surface area contributed by atoms with Crippen molar-refractivity contribution in [3.63, 3.8) is 0 Å². The van der Waals surface area contributed by atoms with Crippen molar-refractivity contribution in [3.05, 3.63) is 35.9 Å². The number of benzene rings is 1. The number of carbonyl (C=O) groups is 1. The fourth-order valence-corrected chi connectivity index (χ4v) is 1.53. The fraction of sp³-hybridized carbons (Fsp3) is 0.300. The SMILES string of the molecule is O=C1O[C@@H](c2ccccc2)C(O)(O)C1(O)O. The lowest BCUT2D eigenvalue weighted by Gasteiger charge is -2.27. The summed E-state index contributed by atoms with van der Waals surface area (Å²) in [6.07, 6.45) is -1.53. The van der Waals surface area contributed by atoms with Crippen LogP contribution in [-0.4, -0.2) is 38.0 Å². The Hall–Kier alpha value is -1.47. The molecule has 1 aliphatic heterocycles. The lowest BCUT2D eigenvalue weighted by atomic mass is 9.97. The van der Waals surface area contributed by atoms with E-state index in [1.54, 1.807) is 18.2 Å². The molecular weight excluding hydrogens is 216 g/mol. The topological polar surface area (TPSA) is 107 Å².